The third-order valence-corrected chi connectivity index (χ3v) is 5.06. The molecule has 18 heavy (non-hydrogen) atoms. The van der Waals surface area contributed by atoms with E-state index in [0.29, 0.717) is 0 Å². The zero-order valence-electron chi connectivity index (χ0n) is 11.1. The highest BCUT2D eigenvalue weighted by atomic mass is 32.1. The molecule has 0 saturated heterocycles. The van der Waals surface area contributed by atoms with Crippen LogP contribution in [-0.4, -0.2) is 23.9 Å². The van der Waals surface area contributed by atoms with E-state index in [4.69, 9.17) is 5.73 Å². The van der Waals surface area contributed by atoms with Gasteiger partial charge < -0.3 is 10.6 Å². The lowest BCUT2D eigenvalue weighted by molar-refractivity contribution is -0.137. The molecule has 1 saturated carbocycles. The molecule has 2 rings (SSSR count). The minimum atomic E-state index is 0.0196. The van der Waals surface area contributed by atoms with Gasteiger partial charge in [-0.05, 0) is 31.2 Å². The molecule has 1 fully saturated rings. The summed E-state index contributed by atoms with van der Waals surface area (Å²) in [5.41, 5.74) is 6.09. The van der Waals surface area contributed by atoms with E-state index >= 15 is 0 Å². The Kier molecular flexibility index (Phi) is 4.40. The zero-order valence-corrected chi connectivity index (χ0v) is 12.0. The number of hydrogen-bond donors (Lipinski definition) is 1. The molecule has 1 aromatic heterocycles. The van der Waals surface area contributed by atoms with Crippen LogP contribution in [0.1, 0.15) is 43.5 Å². The number of nitrogens with zero attached hydrogens (tertiary/aromatic N) is 1. The Labute approximate surface area is 113 Å². The van der Waals surface area contributed by atoms with Crippen LogP contribution in [0.5, 0.6) is 0 Å². The van der Waals surface area contributed by atoms with Gasteiger partial charge in [-0.25, -0.2) is 0 Å². The van der Waals surface area contributed by atoms with E-state index in [1.54, 1.807) is 11.3 Å². The molecule has 4 heteroatoms. The van der Waals surface area contributed by atoms with Crippen LogP contribution in [0, 0.1) is 5.92 Å². The Morgan fingerprint density at radius 2 is 2.22 bits per heavy atom. The minimum Gasteiger partial charge on any atom is -0.338 e. The fraction of sp³-hybridized carbons (Fsp3) is 0.643. The van der Waals surface area contributed by atoms with Gasteiger partial charge in [-0.1, -0.05) is 18.9 Å². The van der Waals surface area contributed by atoms with Crippen molar-refractivity contribution in [2.24, 2.45) is 11.7 Å². The number of thiophene rings is 1. The van der Waals surface area contributed by atoms with Crippen LogP contribution in [0.3, 0.4) is 0 Å². The third-order valence-electron chi connectivity index (χ3n) is 4.02. The predicted octanol–water partition coefficient (Wildman–Crippen LogP) is 2.79. The molecule has 0 spiro atoms. The van der Waals surface area contributed by atoms with Crippen LogP contribution in [-0.2, 0) is 4.79 Å². The molecule has 0 radical (unpaired) electrons. The molecule has 1 amide bonds. The molecule has 1 aromatic rings. The van der Waals surface area contributed by atoms with Gasteiger partial charge in [-0.2, -0.15) is 0 Å². The summed E-state index contributed by atoms with van der Waals surface area (Å²) in [6, 6.07) is 4.30. The van der Waals surface area contributed by atoms with Gasteiger partial charge in [-0.3, -0.25) is 4.79 Å². The van der Waals surface area contributed by atoms with E-state index in [2.05, 4.69) is 18.4 Å². The summed E-state index contributed by atoms with van der Waals surface area (Å²) in [7, 11) is 1.90. The smallest absolute Gasteiger partial charge is 0.227 e. The van der Waals surface area contributed by atoms with E-state index in [0.717, 1.165) is 25.7 Å². The average molecular weight is 266 g/mol. The number of nitrogens with two attached hydrogens (primary N) is 1. The summed E-state index contributed by atoms with van der Waals surface area (Å²) in [4.78, 5) is 15.6. The summed E-state index contributed by atoms with van der Waals surface area (Å²) < 4.78 is 0. The third kappa shape index (κ3) is 2.75. The van der Waals surface area contributed by atoms with Gasteiger partial charge in [-0.15, -0.1) is 11.3 Å². The van der Waals surface area contributed by atoms with Crippen molar-refractivity contribution in [3.8, 4) is 0 Å². The van der Waals surface area contributed by atoms with E-state index in [-0.39, 0.29) is 23.9 Å². The first kappa shape index (κ1) is 13.6. The van der Waals surface area contributed by atoms with Gasteiger partial charge in [0.2, 0.25) is 5.91 Å². The quantitative estimate of drug-likeness (QED) is 0.914. The molecular formula is C14H22N2OS. The highest BCUT2D eigenvalue weighted by Crippen LogP contribution is 2.29. The Morgan fingerprint density at radius 1 is 1.50 bits per heavy atom. The van der Waals surface area contributed by atoms with Gasteiger partial charge >= 0.3 is 0 Å². The van der Waals surface area contributed by atoms with Crippen molar-refractivity contribution in [2.75, 3.05) is 7.05 Å². The maximum absolute atomic E-state index is 12.5. The number of amides is 1. The highest BCUT2D eigenvalue weighted by molar-refractivity contribution is 7.10. The minimum absolute atomic E-state index is 0.0196. The van der Waals surface area contributed by atoms with Gasteiger partial charge in [0.25, 0.3) is 0 Å². The lowest BCUT2D eigenvalue weighted by Crippen LogP contribution is -2.44. The SMILES string of the molecule is CC(c1cccs1)N(C)C(=O)C1CCCCC1N. The topological polar surface area (TPSA) is 46.3 Å². The summed E-state index contributed by atoms with van der Waals surface area (Å²) in [5, 5.41) is 2.05. The Hall–Kier alpha value is -0.870. The van der Waals surface area contributed by atoms with Crippen LogP contribution in [0.4, 0.5) is 0 Å². The highest BCUT2D eigenvalue weighted by Gasteiger charge is 2.32. The Bertz CT molecular complexity index is 391. The largest absolute Gasteiger partial charge is 0.338 e. The van der Waals surface area contributed by atoms with Gasteiger partial charge in [0.1, 0.15) is 0 Å². The lowest BCUT2D eigenvalue weighted by atomic mass is 9.84. The molecule has 3 atom stereocenters. The second-order valence-electron chi connectivity index (χ2n) is 5.20. The molecule has 0 aliphatic heterocycles. The first-order valence-electron chi connectivity index (χ1n) is 6.67. The van der Waals surface area contributed by atoms with Crippen molar-refractivity contribution < 1.29 is 4.79 Å². The van der Waals surface area contributed by atoms with Crippen LogP contribution < -0.4 is 5.73 Å². The molecule has 1 aliphatic carbocycles. The standard InChI is InChI=1S/C14H22N2OS/c1-10(13-8-5-9-18-13)16(2)14(17)11-6-3-4-7-12(11)15/h5,8-12H,3-4,6-7,15H2,1-2H3. The normalized spacial score (nSPS) is 25.7. The van der Waals surface area contributed by atoms with Crippen molar-refractivity contribution in [2.45, 2.75) is 44.7 Å². The lowest BCUT2D eigenvalue weighted by Gasteiger charge is -2.33. The van der Waals surface area contributed by atoms with E-state index in [1.165, 1.54) is 4.88 Å². The van der Waals surface area contributed by atoms with E-state index in [9.17, 15) is 4.79 Å². The monoisotopic (exact) mass is 266 g/mol. The van der Waals surface area contributed by atoms with Crippen LogP contribution >= 0.6 is 11.3 Å². The summed E-state index contributed by atoms with van der Waals surface area (Å²) in [6.07, 6.45) is 4.22. The summed E-state index contributed by atoms with van der Waals surface area (Å²) in [5.74, 6) is 0.231. The number of carbonyl (C=O) groups excluding carboxylic acids is 1. The maximum Gasteiger partial charge on any atom is 0.227 e. The first-order valence-corrected chi connectivity index (χ1v) is 7.55. The number of hydrogen-bond acceptors (Lipinski definition) is 3. The van der Waals surface area contributed by atoms with Crippen molar-refractivity contribution in [1.82, 2.24) is 4.90 Å². The molecule has 1 heterocycles. The predicted molar refractivity (Wildman–Crippen MR) is 75.4 cm³/mol. The van der Waals surface area contributed by atoms with Crippen molar-refractivity contribution in [1.29, 1.82) is 0 Å². The van der Waals surface area contributed by atoms with Crippen molar-refractivity contribution in [3.63, 3.8) is 0 Å². The Morgan fingerprint density at radius 3 is 2.83 bits per heavy atom. The van der Waals surface area contributed by atoms with Crippen molar-refractivity contribution in [3.05, 3.63) is 22.4 Å². The molecule has 0 bridgehead atoms. The fourth-order valence-corrected chi connectivity index (χ4v) is 3.46. The van der Waals surface area contributed by atoms with Gasteiger partial charge in [0.15, 0.2) is 0 Å². The molecule has 3 nitrogen and oxygen atoms in total. The summed E-state index contributed by atoms with van der Waals surface area (Å²) >= 11 is 1.70. The molecule has 100 valence electrons. The van der Waals surface area contributed by atoms with Crippen LogP contribution in [0.15, 0.2) is 17.5 Å². The Balaban J connectivity index is 2.03. The first-order chi connectivity index (χ1) is 8.61. The molecule has 1 aliphatic rings. The second kappa shape index (κ2) is 5.85. The molecule has 2 N–H and O–H groups in total. The van der Waals surface area contributed by atoms with E-state index < -0.39 is 0 Å². The van der Waals surface area contributed by atoms with Crippen LogP contribution in [0.25, 0.3) is 0 Å². The number of rotatable bonds is 3. The zero-order chi connectivity index (χ0) is 13.1. The fourth-order valence-electron chi connectivity index (χ4n) is 2.64. The van der Waals surface area contributed by atoms with E-state index in [1.807, 2.05) is 18.0 Å². The summed E-state index contributed by atoms with van der Waals surface area (Å²) in [6.45, 7) is 2.08. The number of carbonyl (C=O) groups is 1. The van der Waals surface area contributed by atoms with Gasteiger partial charge in [0, 0.05) is 18.0 Å². The molecule has 0 aromatic carbocycles. The van der Waals surface area contributed by atoms with Crippen LogP contribution in [0.2, 0.25) is 0 Å². The van der Waals surface area contributed by atoms with Gasteiger partial charge in [0.05, 0.1) is 12.0 Å². The molecular weight excluding hydrogens is 244 g/mol. The second-order valence-corrected chi connectivity index (χ2v) is 6.17. The van der Waals surface area contributed by atoms with Crippen molar-refractivity contribution >= 4 is 17.2 Å². The maximum atomic E-state index is 12.5. The average Bonchev–Trinajstić information content (AvgIpc) is 2.90. The molecule has 3 unspecified atom stereocenters.